The Morgan fingerprint density at radius 2 is 1.93 bits per heavy atom. The van der Waals surface area contributed by atoms with Crippen molar-refractivity contribution in [3.8, 4) is 11.5 Å². The van der Waals surface area contributed by atoms with Crippen LogP contribution in [0.3, 0.4) is 0 Å². The fourth-order valence-electron chi connectivity index (χ4n) is 4.26. The highest BCUT2D eigenvalue weighted by atomic mass is 16.5. The highest BCUT2D eigenvalue weighted by Crippen LogP contribution is 2.49. The molecule has 0 spiro atoms. The summed E-state index contributed by atoms with van der Waals surface area (Å²) in [7, 11) is 0. The van der Waals surface area contributed by atoms with Crippen LogP contribution in [0.25, 0.3) is 0 Å². The second-order valence-electron chi connectivity index (χ2n) is 9.46. The van der Waals surface area contributed by atoms with E-state index in [1.165, 1.54) is 25.7 Å². The Bertz CT molecular complexity index is 658. The number of phenols is 1. The standard InChI is InChI=1S/C24H38O3/c1-7-9-10-11-12-23(3,4)18-14-20(26)22-17(13-19(25)8-2)16-24(5,6)27-21(22)15-18/h14-15,17,26H,7-13,16H2,1-6H3/t17-/m1/s1. The van der Waals surface area contributed by atoms with Crippen LogP contribution >= 0.6 is 0 Å². The van der Waals surface area contributed by atoms with Gasteiger partial charge in [0, 0.05) is 24.3 Å². The number of rotatable bonds is 9. The van der Waals surface area contributed by atoms with Crippen LogP contribution in [0.1, 0.15) is 110 Å². The van der Waals surface area contributed by atoms with Crippen LogP contribution in [0, 0.1) is 0 Å². The molecule has 0 saturated heterocycles. The van der Waals surface area contributed by atoms with Crippen molar-refractivity contribution >= 4 is 5.78 Å². The van der Waals surface area contributed by atoms with Gasteiger partial charge in [-0.2, -0.15) is 0 Å². The van der Waals surface area contributed by atoms with E-state index in [9.17, 15) is 9.90 Å². The van der Waals surface area contributed by atoms with Gasteiger partial charge < -0.3 is 9.84 Å². The summed E-state index contributed by atoms with van der Waals surface area (Å²) in [5, 5.41) is 10.8. The Kier molecular flexibility index (Phi) is 6.99. The summed E-state index contributed by atoms with van der Waals surface area (Å²) >= 11 is 0. The molecule has 1 aromatic rings. The molecule has 0 fully saturated rings. The van der Waals surface area contributed by atoms with Crippen LogP contribution in [-0.2, 0) is 10.2 Å². The quantitative estimate of drug-likeness (QED) is 0.492. The van der Waals surface area contributed by atoms with Crippen molar-refractivity contribution in [2.24, 2.45) is 0 Å². The van der Waals surface area contributed by atoms with E-state index in [4.69, 9.17) is 4.74 Å². The number of hydrogen-bond donors (Lipinski definition) is 1. The number of benzene rings is 1. The molecule has 0 saturated carbocycles. The molecule has 1 aliphatic heterocycles. The molecule has 0 radical (unpaired) electrons. The summed E-state index contributed by atoms with van der Waals surface area (Å²) in [5.41, 5.74) is 1.59. The topological polar surface area (TPSA) is 46.5 Å². The second kappa shape index (κ2) is 8.67. The number of unbranched alkanes of at least 4 members (excludes halogenated alkanes) is 3. The van der Waals surface area contributed by atoms with Gasteiger partial charge >= 0.3 is 0 Å². The van der Waals surface area contributed by atoms with Crippen LogP contribution in [0.4, 0.5) is 0 Å². The van der Waals surface area contributed by atoms with E-state index in [1.807, 2.05) is 13.0 Å². The first-order valence-corrected chi connectivity index (χ1v) is 10.7. The second-order valence-corrected chi connectivity index (χ2v) is 9.46. The molecule has 0 bridgehead atoms. The van der Waals surface area contributed by atoms with Crippen LogP contribution in [0.5, 0.6) is 11.5 Å². The molecular formula is C24H38O3. The minimum Gasteiger partial charge on any atom is -0.508 e. The lowest BCUT2D eigenvalue weighted by Gasteiger charge is -2.39. The Labute approximate surface area is 165 Å². The van der Waals surface area contributed by atoms with Crippen molar-refractivity contribution in [2.45, 2.75) is 110 Å². The minimum atomic E-state index is -0.331. The lowest BCUT2D eigenvalue weighted by Crippen LogP contribution is -2.35. The zero-order chi connectivity index (χ0) is 20.2. The summed E-state index contributed by atoms with van der Waals surface area (Å²) in [6, 6.07) is 4.02. The number of ether oxygens (including phenoxy) is 1. The predicted octanol–water partition coefficient (Wildman–Crippen LogP) is 6.65. The lowest BCUT2D eigenvalue weighted by atomic mass is 9.76. The molecule has 0 aliphatic carbocycles. The number of phenolic OH excluding ortho intramolecular Hbond substituents is 1. The van der Waals surface area contributed by atoms with Gasteiger partial charge in [-0.3, -0.25) is 4.79 Å². The van der Waals surface area contributed by atoms with Crippen LogP contribution < -0.4 is 4.74 Å². The molecule has 1 aliphatic rings. The van der Waals surface area contributed by atoms with Crippen molar-refractivity contribution in [3.63, 3.8) is 0 Å². The highest BCUT2D eigenvalue weighted by molar-refractivity contribution is 5.79. The van der Waals surface area contributed by atoms with Gasteiger partial charge in [0.1, 0.15) is 22.9 Å². The molecule has 2 rings (SSSR count). The van der Waals surface area contributed by atoms with Crippen molar-refractivity contribution in [1.29, 1.82) is 0 Å². The van der Waals surface area contributed by atoms with Crippen LogP contribution in [-0.4, -0.2) is 16.5 Å². The smallest absolute Gasteiger partial charge is 0.133 e. The number of Topliss-reactive ketones (excluding diaryl/α,β-unsaturated/α-hetero) is 1. The Morgan fingerprint density at radius 3 is 2.56 bits per heavy atom. The largest absolute Gasteiger partial charge is 0.508 e. The number of carbonyl (C=O) groups excluding carboxylic acids is 1. The predicted molar refractivity (Wildman–Crippen MR) is 112 cm³/mol. The lowest BCUT2D eigenvalue weighted by molar-refractivity contribution is -0.119. The van der Waals surface area contributed by atoms with E-state index >= 15 is 0 Å². The molecule has 3 heteroatoms. The van der Waals surface area contributed by atoms with E-state index < -0.39 is 0 Å². The third-order valence-electron chi connectivity index (χ3n) is 5.96. The molecule has 152 valence electrons. The summed E-state index contributed by atoms with van der Waals surface area (Å²) in [4.78, 5) is 12.1. The maximum atomic E-state index is 12.1. The molecule has 1 N–H and O–H groups in total. The van der Waals surface area contributed by atoms with Crippen molar-refractivity contribution in [2.75, 3.05) is 0 Å². The van der Waals surface area contributed by atoms with Gasteiger partial charge in [0.25, 0.3) is 0 Å². The van der Waals surface area contributed by atoms with Gasteiger partial charge in [0.05, 0.1) is 0 Å². The van der Waals surface area contributed by atoms with Gasteiger partial charge in [0.2, 0.25) is 0 Å². The Balaban J connectivity index is 2.33. The SMILES string of the molecule is CCCCCCC(C)(C)c1cc(O)c2c(c1)OC(C)(C)C[C@H]2CC(=O)CC. The van der Waals surface area contributed by atoms with Crippen molar-refractivity contribution in [1.82, 2.24) is 0 Å². The van der Waals surface area contributed by atoms with Crippen LogP contribution in [0.2, 0.25) is 0 Å². The van der Waals surface area contributed by atoms with Crippen LogP contribution in [0.15, 0.2) is 12.1 Å². The highest BCUT2D eigenvalue weighted by Gasteiger charge is 2.37. The van der Waals surface area contributed by atoms with E-state index in [0.29, 0.717) is 12.8 Å². The first kappa shape index (κ1) is 21.8. The number of hydrogen-bond acceptors (Lipinski definition) is 3. The molecule has 27 heavy (non-hydrogen) atoms. The Hall–Kier alpha value is -1.51. The maximum absolute atomic E-state index is 12.1. The molecular weight excluding hydrogens is 336 g/mol. The number of carbonyl (C=O) groups is 1. The fraction of sp³-hybridized carbons (Fsp3) is 0.708. The van der Waals surface area contributed by atoms with E-state index in [1.54, 1.807) is 0 Å². The van der Waals surface area contributed by atoms with Crippen molar-refractivity contribution < 1.29 is 14.6 Å². The van der Waals surface area contributed by atoms with E-state index in [0.717, 1.165) is 29.7 Å². The summed E-state index contributed by atoms with van der Waals surface area (Å²) in [5.74, 6) is 1.31. The average molecular weight is 375 g/mol. The molecule has 3 nitrogen and oxygen atoms in total. The molecule has 0 unspecified atom stereocenters. The summed E-state index contributed by atoms with van der Waals surface area (Å²) in [6.07, 6.45) is 7.81. The maximum Gasteiger partial charge on any atom is 0.133 e. The average Bonchev–Trinajstić information content (AvgIpc) is 2.56. The van der Waals surface area contributed by atoms with Gasteiger partial charge in [-0.1, -0.05) is 53.4 Å². The van der Waals surface area contributed by atoms with E-state index in [2.05, 4.69) is 40.7 Å². The monoisotopic (exact) mass is 374 g/mol. The van der Waals surface area contributed by atoms with E-state index in [-0.39, 0.29) is 28.5 Å². The third kappa shape index (κ3) is 5.49. The number of ketones is 1. The number of aromatic hydroxyl groups is 1. The summed E-state index contributed by atoms with van der Waals surface area (Å²) in [6.45, 7) is 12.7. The fourth-order valence-corrected chi connectivity index (χ4v) is 4.26. The normalized spacial score (nSPS) is 18.7. The number of fused-ring (bicyclic) bond motifs is 1. The van der Waals surface area contributed by atoms with Crippen molar-refractivity contribution in [3.05, 3.63) is 23.3 Å². The first-order chi connectivity index (χ1) is 12.6. The third-order valence-corrected chi connectivity index (χ3v) is 5.96. The van der Waals surface area contributed by atoms with Gasteiger partial charge in [0.15, 0.2) is 0 Å². The molecule has 1 atom stereocenters. The van der Waals surface area contributed by atoms with Gasteiger partial charge in [-0.05, 0) is 49.8 Å². The Morgan fingerprint density at radius 1 is 1.22 bits per heavy atom. The molecule has 1 aromatic carbocycles. The summed E-state index contributed by atoms with van der Waals surface area (Å²) < 4.78 is 6.25. The van der Waals surface area contributed by atoms with Gasteiger partial charge in [-0.25, -0.2) is 0 Å². The molecule has 0 aromatic heterocycles. The minimum absolute atomic E-state index is 0.0140. The zero-order valence-electron chi connectivity index (χ0n) is 18.2. The molecule has 1 heterocycles. The molecule has 0 amide bonds. The first-order valence-electron chi connectivity index (χ1n) is 10.7. The zero-order valence-corrected chi connectivity index (χ0v) is 18.2. The van der Waals surface area contributed by atoms with Gasteiger partial charge in [-0.15, -0.1) is 0 Å².